The van der Waals surface area contributed by atoms with Crippen molar-refractivity contribution in [1.29, 1.82) is 0 Å². The number of nitrogens with one attached hydrogen (secondary N) is 3. The number of aryl methyl sites for hydroxylation is 1. The van der Waals surface area contributed by atoms with Crippen molar-refractivity contribution in [2.24, 2.45) is 11.8 Å². The fourth-order valence-electron chi connectivity index (χ4n) is 4.76. The average molecular weight is 466 g/mol. The van der Waals surface area contributed by atoms with Crippen LogP contribution >= 0.6 is 0 Å². The van der Waals surface area contributed by atoms with Gasteiger partial charge in [-0.25, -0.2) is 34.7 Å². The molecule has 34 heavy (non-hydrogen) atoms. The summed E-state index contributed by atoms with van der Waals surface area (Å²) in [7, 11) is 0. The molecule has 2 fully saturated rings. The molecule has 10 heteroatoms. The van der Waals surface area contributed by atoms with Crippen LogP contribution in [0.15, 0.2) is 36.7 Å². The van der Waals surface area contributed by atoms with Gasteiger partial charge in [0.1, 0.15) is 23.5 Å². The number of halogens is 1. The Morgan fingerprint density at radius 3 is 2.68 bits per heavy atom. The summed E-state index contributed by atoms with van der Waals surface area (Å²) in [6.45, 7) is 5.67. The molecule has 178 valence electrons. The van der Waals surface area contributed by atoms with E-state index in [1.54, 1.807) is 18.5 Å². The molecular weight excluding hydrogens is 437 g/mol. The Morgan fingerprint density at radius 2 is 1.97 bits per heavy atom. The molecule has 3 unspecified atom stereocenters. The largest absolute Gasteiger partial charge is 0.462 e. The summed E-state index contributed by atoms with van der Waals surface area (Å²) < 4.78 is 20.2. The Kier molecular flexibility index (Phi) is 6.01. The van der Waals surface area contributed by atoms with Crippen LogP contribution in [-0.4, -0.2) is 38.5 Å². The van der Waals surface area contributed by atoms with Crippen molar-refractivity contribution in [3.05, 3.63) is 65.0 Å². The molecule has 2 aromatic heterocycles. The first-order valence-electron chi connectivity index (χ1n) is 11.5. The van der Waals surface area contributed by atoms with E-state index < -0.39 is 5.97 Å². The number of anilines is 1. The molecule has 5 rings (SSSR count). The predicted octanol–water partition coefficient (Wildman–Crippen LogP) is 3.21. The van der Waals surface area contributed by atoms with Crippen LogP contribution in [0.5, 0.6) is 0 Å². The van der Waals surface area contributed by atoms with Gasteiger partial charge in [0.15, 0.2) is 5.82 Å². The van der Waals surface area contributed by atoms with Crippen molar-refractivity contribution in [3.8, 4) is 5.82 Å². The predicted molar refractivity (Wildman–Crippen MR) is 124 cm³/mol. The summed E-state index contributed by atoms with van der Waals surface area (Å²) in [5, 5.41) is 7.99. The van der Waals surface area contributed by atoms with Gasteiger partial charge in [0.05, 0.1) is 30.2 Å². The molecule has 0 bridgehead atoms. The molecule has 1 saturated heterocycles. The lowest BCUT2D eigenvalue weighted by molar-refractivity contribution is 0.0524. The highest BCUT2D eigenvalue weighted by Crippen LogP contribution is 2.46. The summed E-state index contributed by atoms with van der Waals surface area (Å²) in [6, 6.07) is 8.54. The first kappa shape index (κ1) is 22.4. The maximum atomic E-state index is 13.4. The number of nitrogens with zero attached hydrogens (tertiary/aromatic N) is 4. The number of hydrogen-bond acceptors (Lipinski definition) is 8. The van der Waals surface area contributed by atoms with Gasteiger partial charge in [-0.3, -0.25) is 0 Å². The van der Waals surface area contributed by atoms with Crippen LogP contribution in [0.4, 0.5) is 10.2 Å². The number of carbonyl (C=O) groups is 1. The van der Waals surface area contributed by atoms with Gasteiger partial charge in [0.25, 0.3) is 0 Å². The number of rotatable bonds is 7. The third kappa shape index (κ3) is 4.26. The molecule has 3 heterocycles. The van der Waals surface area contributed by atoms with Gasteiger partial charge in [-0.1, -0.05) is 12.1 Å². The summed E-state index contributed by atoms with van der Waals surface area (Å²) in [5.74, 6) is 1.40. The number of benzene rings is 1. The first-order chi connectivity index (χ1) is 16.5. The van der Waals surface area contributed by atoms with Crippen LogP contribution in [0.3, 0.4) is 0 Å². The normalized spacial score (nSPS) is 22.1. The maximum Gasteiger partial charge on any atom is 0.341 e. The minimum atomic E-state index is -0.392. The van der Waals surface area contributed by atoms with E-state index >= 15 is 0 Å². The number of hydrazine groups is 1. The monoisotopic (exact) mass is 465 g/mol. The van der Waals surface area contributed by atoms with Crippen molar-refractivity contribution in [3.63, 3.8) is 0 Å². The fourth-order valence-corrected chi connectivity index (χ4v) is 4.76. The van der Waals surface area contributed by atoms with Gasteiger partial charge in [-0.05, 0) is 57.2 Å². The van der Waals surface area contributed by atoms with Gasteiger partial charge in [0.2, 0.25) is 0 Å². The Balaban J connectivity index is 1.38. The first-order valence-corrected chi connectivity index (χ1v) is 11.5. The molecule has 9 nitrogen and oxygen atoms in total. The van der Waals surface area contributed by atoms with Crippen molar-refractivity contribution >= 4 is 11.8 Å². The van der Waals surface area contributed by atoms with E-state index in [9.17, 15) is 9.18 Å². The highest BCUT2D eigenvalue weighted by Gasteiger charge is 2.46. The second-order valence-corrected chi connectivity index (χ2v) is 8.79. The molecule has 1 saturated carbocycles. The second kappa shape index (κ2) is 9.11. The van der Waals surface area contributed by atoms with E-state index in [0.717, 1.165) is 5.56 Å². The van der Waals surface area contributed by atoms with Crippen molar-refractivity contribution in [2.45, 2.75) is 45.8 Å². The number of hydrogen-bond donors (Lipinski definition) is 3. The molecule has 1 aromatic carbocycles. The van der Waals surface area contributed by atoms with Crippen LogP contribution in [0.2, 0.25) is 0 Å². The third-order valence-corrected chi connectivity index (χ3v) is 6.50. The van der Waals surface area contributed by atoms with E-state index in [0.29, 0.717) is 41.1 Å². The molecule has 3 aromatic rings. The van der Waals surface area contributed by atoms with Gasteiger partial charge >= 0.3 is 5.97 Å². The zero-order chi connectivity index (χ0) is 23.8. The summed E-state index contributed by atoms with van der Waals surface area (Å²) in [5.41, 5.74) is 9.48. The van der Waals surface area contributed by atoms with E-state index in [1.165, 1.54) is 31.3 Å². The molecule has 1 aliphatic heterocycles. The topological polar surface area (TPSA) is 106 Å². The average Bonchev–Trinajstić information content (AvgIpc) is 3.50. The van der Waals surface area contributed by atoms with Gasteiger partial charge in [0, 0.05) is 12.0 Å². The lowest BCUT2D eigenvalue weighted by Gasteiger charge is -2.24. The Labute approximate surface area is 197 Å². The number of esters is 1. The van der Waals surface area contributed by atoms with E-state index in [1.807, 2.05) is 25.1 Å². The van der Waals surface area contributed by atoms with Crippen LogP contribution in [0.1, 0.15) is 53.1 Å². The molecular formula is C24H28FN7O2. The summed E-state index contributed by atoms with van der Waals surface area (Å²) in [4.78, 5) is 21.1. The third-order valence-electron chi connectivity index (χ3n) is 6.50. The van der Waals surface area contributed by atoms with Crippen molar-refractivity contribution < 1.29 is 13.9 Å². The van der Waals surface area contributed by atoms with E-state index in [4.69, 9.17) is 4.74 Å². The molecule has 0 radical (unpaired) electrons. The lowest BCUT2D eigenvalue weighted by Crippen LogP contribution is -2.39. The highest BCUT2D eigenvalue weighted by molar-refractivity contribution is 5.92. The SMILES string of the molecule is CCOC(=O)c1c(C)nn(-c2cc(NC3NNC(c4ccc(F)cc4)C3C3CC3)ncn2)c1C. The molecule has 0 amide bonds. The highest BCUT2D eigenvalue weighted by atomic mass is 19.1. The Morgan fingerprint density at radius 1 is 1.21 bits per heavy atom. The quantitative estimate of drug-likeness (QED) is 0.457. The number of ether oxygens (including phenoxy) is 1. The zero-order valence-corrected chi connectivity index (χ0v) is 19.4. The van der Waals surface area contributed by atoms with E-state index in [-0.39, 0.29) is 23.9 Å². The fraction of sp³-hybridized carbons (Fsp3) is 0.417. The van der Waals surface area contributed by atoms with Crippen molar-refractivity contribution in [1.82, 2.24) is 30.6 Å². The standard InChI is InChI=1S/C24H28FN7O2/c1-4-34-24(33)20-13(2)31-32(14(20)3)19-11-18(26-12-27-19)28-23-21(15-5-6-15)22(29-30-23)16-7-9-17(25)10-8-16/h7-12,15,21-23,29-30H,4-6H2,1-3H3,(H,26,27,28). The maximum absolute atomic E-state index is 13.4. The molecule has 2 aliphatic rings. The van der Waals surface area contributed by atoms with Crippen molar-refractivity contribution in [2.75, 3.05) is 11.9 Å². The van der Waals surface area contributed by atoms with Crippen LogP contribution in [-0.2, 0) is 4.74 Å². The molecule has 1 aliphatic carbocycles. The molecule has 3 N–H and O–H groups in total. The Bertz CT molecular complexity index is 1190. The van der Waals surface area contributed by atoms with Crippen LogP contribution < -0.4 is 16.2 Å². The minimum Gasteiger partial charge on any atom is -0.462 e. The Hall–Kier alpha value is -3.37. The number of carbonyl (C=O) groups excluding carboxylic acids is 1. The van der Waals surface area contributed by atoms with Crippen LogP contribution in [0, 0.1) is 31.5 Å². The van der Waals surface area contributed by atoms with E-state index in [2.05, 4.69) is 31.2 Å². The lowest BCUT2D eigenvalue weighted by atomic mass is 9.88. The molecule has 0 spiro atoms. The summed E-state index contributed by atoms with van der Waals surface area (Å²) >= 11 is 0. The summed E-state index contributed by atoms with van der Waals surface area (Å²) in [6.07, 6.45) is 3.74. The van der Waals surface area contributed by atoms with Gasteiger partial charge in [-0.2, -0.15) is 5.10 Å². The smallest absolute Gasteiger partial charge is 0.341 e. The van der Waals surface area contributed by atoms with Crippen LogP contribution in [0.25, 0.3) is 5.82 Å². The van der Waals surface area contributed by atoms with Gasteiger partial charge < -0.3 is 10.1 Å². The minimum absolute atomic E-state index is 0.0649. The zero-order valence-electron chi connectivity index (χ0n) is 19.4. The molecule has 3 atom stereocenters. The second-order valence-electron chi connectivity index (χ2n) is 8.79. The number of aromatic nitrogens is 4. The van der Waals surface area contributed by atoms with Gasteiger partial charge in [-0.15, -0.1) is 0 Å².